The SMILES string of the molecule is CCN(CC)CC.CCn1c(=C2C(=O)N(c3ccc(C(=O)O)cc3)N=C2C)sc(=C2Sc3ccc(OC)cc3N2C)c1=O. The van der Waals surface area contributed by atoms with E-state index in [-0.39, 0.29) is 17.0 Å². The molecule has 3 heterocycles. The van der Waals surface area contributed by atoms with Gasteiger partial charge in [0.05, 0.1) is 35.3 Å². The quantitative estimate of drug-likeness (QED) is 0.423. The summed E-state index contributed by atoms with van der Waals surface area (Å²) < 4.78 is 8.05. The summed E-state index contributed by atoms with van der Waals surface area (Å²) in [5.74, 6) is -0.682. The topological polar surface area (TPSA) is 108 Å². The zero-order valence-electron chi connectivity index (χ0n) is 25.5. The van der Waals surface area contributed by atoms with E-state index in [1.807, 2.05) is 37.1 Å². The van der Waals surface area contributed by atoms with Crippen molar-refractivity contribution in [1.29, 1.82) is 0 Å². The Kier molecular flexibility index (Phi) is 10.2. The maximum atomic E-state index is 13.5. The number of hydrogen-bond donors (Lipinski definition) is 1. The molecule has 1 amide bonds. The molecule has 2 aliphatic heterocycles. The third-order valence-electron chi connectivity index (χ3n) is 7.36. The molecule has 0 unspecified atom stereocenters. The summed E-state index contributed by atoms with van der Waals surface area (Å²) >= 11 is 2.79. The number of carbonyl (C=O) groups excluding carboxylic acids is 1. The van der Waals surface area contributed by atoms with Crippen molar-refractivity contribution in [1.82, 2.24) is 9.47 Å². The van der Waals surface area contributed by atoms with Gasteiger partial charge in [0.15, 0.2) is 0 Å². The largest absolute Gasteiger partial charge is 0.497 e. The summed E-state index contributed by atoms with van der Waals surface area (Å²) in [6.45, 7) is 14.1. The second-order valence-electron chi connectivity index (χ2n) is 9.73. The van der Waals surface area contributed by atoms with E-state index in [0.29, 0.717) is 32.7 Å². The van der Waals surface area contributed by atoms with Crippen LogP contribution >= 0.6 is 23.1 Å². The normalized spacial score (nSPS) is 16.7. The van der Waals surface area contributed by atoms with Crippen LogP contribution in [0.15, 0.2) is 57.3 Å². The molecule has 1 aromatic heterocycles. The Labute approximate surface area is 259 Å². The molecular formula is C31H37N5O5S2. The maximum Gasteiger partial charge on any atom is 0.335 e. The minimum absolute atomic E-state index is 0.117. The standard InChI is InChI=1S/C25H22N4O5S2.C6H15N/c1-5-28-22(31)20(24-27(3)17-12-16(34-4)10-11-18(17)35-24)36-23(28)19-13(2)26-29(21(19)30)15-8-6-14(7-9-15)25(32)33;1-4-7(5-2)6-3/h6-12H,5H2,1-4H3,(H,32,33);4-6H2,1-3H3. The van der Waals surface area contributed by atoms with Crippen LogP contribution < -0.4 is 29.4 Å². The Balaban J connectivity index is 0.000000541. The number of aromatic nitrogens is 1. The molecule has 43 heavy (non-hydrogen) atoms. The minimum atomic E-state index is -1.05. The molecule has 1 N–H and O–H groups in total. The lowest BCUT2D eigenvalue weighted by Crippen LogP contribution is -2.35. The Morgan fingerprint density at radius 1 is 1.02 bits per heavy atom. The number of aromatic carboxylic acids is 1. The van der Waals surface area contributed by atoms with Gasteiger partial charge in [-0.25, -0.2) is 4.79 Å². The number of amides is 1. The molecule has 0 radical (unpaired) electrons. The number of hydrogen-bond acceptors (Lipinski definition) is 9. The summed E-state index contributed by atoms with van der Waals surface area (Å²) in [4.78, 5) is 43.5. The molecule has 0 bridgehead atoms. The molecule has 0 spiro atoms. The van der Waals surface area contributed by atoms with Gasteiger partial charge in [0.2, 0.25) is 0 Å². The van der Waals surface area contributed by atoms with E-state index in [1.54, 1.807) is 30.7 Å². The van der Waals surface area contributed by atoms with Gasteiger partial charge in [0, 0.05) is 24.6 Å². The van der Waals surface area contributed by atoms with Gasteiger partial charge in [0.1, 0.15) is 20.0 Å². The Bertz CT molecular complexity index is 1730. The molecule has 0 saturated carbocycles. The van der Waals surface area contributed by atoms with Crippen molar-refractivity contribution in [3.63, 3.8) is 0 Å². The lowest BCUT2D eigenvalue weighted by atomic mass is 10.2. The monoisotopic (exact) mass is 623 g/mol. The number of ether oxygens (including phenoxy) is 1. The lowest BCUT2D eigenvalue weighted by Gasteiger charge is -2.13. The summed E-state index contributed by atoms with van der Waals surface area (Å²) in [5, 5.41) is 15.6. The summed E-state index contributed by atoms with van der Waals surface area (Å²) in [6, 6.07) is 11.7. The van der Waals surface area contributed by atoms with Gasteiger partial charge in [-0.05, 0) is 69.9 Å². The van der Waals surface area contributed by atoms with Gasteiger partial charge in [-0.15, -0.1) is 11.3 Å². The molecular weight excluding hydrogens is 587 g/mol. The predicted molar refractivity (Wildman–Crippen MR) is 175 cm³/mol. The van der Waals surface area contributed by atoms with Crippen LogP contribution in [0.2, 0.25) is 0 Å². The number of nitrogens with zero attached hydrogens (tertiary/aromatic N) is 5. The van der Waals surface area contributed by atoms with E-state index in [9.17, 15) is 14.4 Å². The van der Waals surface area contributed by atoms with Crippen molar-refractivity contribution in [2.45, 2.75) is 46.1 Å². The van der Waals surface area contributed by atoms with E-state index < -0.39 is 5.97 Å². The third-order valence-corrected chi connectivity index (χ3v) is 9.92. The number of methoxy groups -OCH3 is 1. The maximum absolute atomic E-state index is 13.5. The molecule has 5 rings (SSSR count). The smallest absolute Gasteiger partial charge is 0.335 e. The van der Waals surface area contributed by atoms with Gasteiger partial charge in [-0.1, -0.05) is 32.5 Å². The fourth-order valence-corrected chi connectivity index (χ4v) is 7.40. The number of thioether (sulfide) groups is 1. The Morgan fingerprint density at radius 2 is 1.67 bits per heavy atom. The second kappa shape index (κ2) is 13.6. The van der Waals surface area contributed by atoms with Crippen LogP contribution in [0.25, 0.3) is 10.6 Å². The molecule has 0 atom stereocenters. The van der Waals surface area contributed by atoms with Crippen LogP contribution in [0.1, 0.15) is 45.0 Å². The number of carbonyl (C=O) groups is 2. The van der Waals surface area contributed by atoms with Crippen molar-refractivity contribution in [3.05, 3.63) is 67.6 Å². The molecule has 10 nitrogen and oxygen atoms in total. The van der Waals surface area contributed by atoms with Crippen molar-refractivity contribution in [2.24, 2.45) is 5.10 Å². The molecule has 2 aromatic carbocycles. The number of benzene rings is 2. The molecule has 12 heteroatoms. The van der Waals surface area contributed by atoms with E-state index in [4.69, 9.17) is 9.84 Å². The zero-order valence-corrected chi connectivity index (χ0v) is 27.1. The molecule has 2 aliphatic rings. The number of rotatable bonds is 7. The fraction of sp³-hybridized carbons (Fsp3) is 0.355. The highest BCUT2D eigenvalue weighted by Gasteiger charge is 2.32. The first-order valence-electron chi connectivity index (χ1n) is 14.1. The number of thiazole rings is 1. The third kappa shape index (κ3) is 6.27. The Morgan fingerprint density at radius 3 is 2.21 bits per heavy atom. The summed E-state index contributed by atoms with van der Waals surface area (Å²) in [6.07, 6.45) is 0. The van der Waals surface area contributed by atoms with E-state index in [2.05, 4.69) is 30.8 Å². The van der Waals surface area contributed by atoms with Crippen LogP contribution in [0.5, 0.6) is 5.75 Å². The molecule has 228 valence electrons. The first kappa shape index (κ1) is 32.1. The van der Waals surface area contributed by atoms with E-state index in [0.717, 1.165) is 21.4 Å². The lowest BCUT2D eigenvalue weighted by molar-refractivity contribution is -0.112. The van der Waals surface area contributed by atoms with Crippen LogP contribution in [0.4, 0.5) is 11.4 Å². The average Bonchev–Trinajstić information content (AvgIpc) is 3.62. The predicted octanol–water partition coefficient (Wildman–Crippen LogP) is 3.87. The van der Waals surface area contributed by atoms with Crippen molar-refractivity contribution < 1.29 is 19.4 Å². The van der Waals surface area contributed by atoms with Crippen LogP contribution in [-0.2, 0) is 11.3 Å². The van der Waals surface area contributed by atoms with Crippen LogP contribution in [0.3, 0.4) is 0 Å². The summed E-state index contributed by atoms with van der Waals surface area (Å²) in [5.41, 5.74) is 2.20. The first-order chi connectivity index (χ1) is 20.6. The molecule has 0 aliphatic carbocycles. The minimum Gasteiger partial charge on any atom is -0.497 e. The average molecular weight is 624 g/mol. The van der Waals surface area contributed by atoms with E-state index >= 15 is 0 Å². The first-order valence-corrected chi connectivity index (χ1v) is 15.8. The van der Waals surface area contributed by atoms with E-state index in [1.165, 1.54) is 59.9 Å². The van der Waals surface area contributed by atoms with Gasteiger partial charge >= 0.3 is 5.97 Å². The Hall–Kier alpha value is -3.87. The number of carboxylic acids is 1. The van der Waals surface area contributed by atoms with Crippen LogP contribution in [-0.4, -0.2) is 66.0 Å². The van der Waals surface area contributed by atoms with Gasteiger partial charge < -0.3 is 19.6 Å². The molecule has 3 aromatic rings. The molecule has 0 fully saturated rings. The van der Waals surface area contributed by atoms with Gasteiger partial charge in [0.25, 0.3) is 11.5 Å². The van der Waals surface area contributed by atoms with Gasteiger partial charge in [-0.3, -0.25) is 14.2 Å². The fourth-order valence-electron chi connectivity index (χ4n) is 4.82. The molecule has 0 saturated heterocycles. The number of hydrazone groups is 1. The van der Waals surface area contributed by atoms with Crippen molar-refractivity contribution in [2.75, 3.05) is 43.7 Å². The highest BCUT2D eigenvalue weighted by molar-refractivity contribution is 8.08. The highest BCUT2D eigenvalue weighted by Crippen LogP contribution is 2.46. The van der Waals surface area contributed by atoms with Gasteiger partial charge in [-0.2, -0.15) is 10.1 Å². The zero-order chi connectivity index (χ0) is 31.4. The second-order valence-corrected chi connectivity index (χ2v) is 11.8. The summed E-state index contributed by atoms with van der Waals surface area (Å²) in [7, 11) is 3.52. The van der Waals surface area contributed by atoms with Crippen molar-refractivity contribution in [3.8, 4) is 5.75 Å². The van der Waals surface area contributed by atoms with Crippen molar-refractivity contribution >= 4 is 62.7 Å². The highest BCUT2D eigenvalue weighted by atomic mass is 32.2. The number of carboxylic acid groups (broad SMARTS) is 1. The number of fused-ring (bicyclic) bond motifs is 1. The van der Waals surface area contributed by atoms with Crippen LogP contribution in [0, 0.1) is 0 Å². The number of anilines is 2.